The molecule has 0 aliphatic heterocycles. The molecule has 0 aliphatic carbocycles. The van der Waals surface area contributed by atoms with Gasteiger partial charge in [0, 0.05) is 19.6 Å². The van der Waals surface area contributed by atoms with Gasteiger partial charge in [0.05, 0.1) is 6.61 Å². The topological polar surface area (TPSA) is 38.3 Å². The summed E-state index contributed by atoms with van der Waals surface area (Å²) >= 11 is 0. The molecule has 72 valence electrons. The van der Waals surface area contributed by atoms with Gasteiger partial charge in [-0.3, -0.25) is 4.79 Å². The molecule has 0 fully saturated rings. The third-order valence-electron chi connectivity index (χ3n) is 1.27. The fraction of sp³-hybridized carbons (Fsp3) is 0.889. The number of hydrogen-bond donors (Lipinski definition) is 1. The van der Waals surface area contributed by atoms with Crippen LogP contribution in [-0.4, -0.2) is 25.2 Å². The maximum Gasteiger partial charge on any atom is 0.217 e. The Bertz CT molecular complexity index is 134. The normalized spacial score (nSPS) is 13.1. The van der Waals surface area contributed by atoms with E-state index in [9.17, 15) is 4.79 Å². The van der Waals surface area contributed by atoms with Crippen LogP contribution in [-0.2, 0) is 9.53 Å². The summed E-state index contributed by atoms with van der Waals surface area (Å²) in [6, 6.07) is 0.112. The quantitative estimate of drug-likeness (QED) is 0.678. The minimum absolute atomic E-state index is 0.00403. The van der Waals surface area contributed by atoms with Crippen molar-refractivity contribution in [3.05, 3.63) is 0 Å². The Balaban J connectivity index is 3.31. The van der Waals surface area contributed by atoms with Crippen molar-refractivity contribution in [1.29, 1.82) is 0 Å². The molecule has 12 heavy (non-hydrogen) atoms. The van der Waals surface area contributed by atoms with Crippen molar-refractivity contribution >= 4 is 5.91 Å². The highest BCUT2D eigenvalue weighted by Gasteiger charge is 2.03. The number of ether oxygens (including phenoxy) is 1. The molecule has 0 bridgehead atoms. The molecule has 0 rings (SSSR count). The molecular formula is C9H19NO2. The van der Waals surface area contributed by atoms with Crippen molar-refractivity contribution in [3.63, 3.8) is 0 Å². The molecule has 1 amide bonds. The fourth-order valence-corrected chi connectivity index (χ4v) is 0.869. The van der Waals surface area contributed by atoms with Gasteiger partial charge in [-0.1, -0.05) is 13.8 Å². The lowest BCUT2D eigenvalue weighted by Crippen LogP contribution is -2.34. The molecule has 1 atom stereocenters. The van der Waals surface area contributed by atoms with Crippen LogP contribution in [0.15, 0.2) is 0 Å². The van der Waals surface area contributed by atoms with Crippen molar-refractivity contribution in [3.8, 4) is 0 Å². The van der Waals surface area contributed by atoms with Gasteiger partial charge in [-0.2, -0.15) is 0 Å². The van der Waals surface area contributed by atoms with Gasteiger partial charge in [0.25, 0.3) is 0 Å². The molecule has 0 heterocycles. The maximum absolute atomic E-state index is 10.6. The van der Waals surface area contributed by atoms with Crippen molar-refractivity contribution in [2.45, 2.75) is 33.7 Å². The van der Waals surface area contributed by atoms with E-state index in [0.717, 1.165) is 6.61 Å². The highest BCUT2D eigenvalue weighted by atomic mass is 16.5. The number of hydrogen-bond acceptors (Lipinski definition) is 2. The lowest BCUT2D eigenvalue weighted by atomic mass is 10.2. The van der Waals surface area contributed by atoms with Crippen LogP contribution in [0.5, 0.6) is 0 Å². The van der Waals surface area contributed by atoms with Gasteiger partial charge in [-0.15, -0.1) is 0 Å². The molecule has 0 saturated heterocycles. The second-order valence-corrected chi connectivity index (χ2v) is 3.53. The first-order valence-corrected chi connectivity index (χ1v) is 4.37. The molecular weight excluding hydrogens is 154 g/mol. The van der Waals surface area contributed by atoms with Crippen LogP contribution in [0.25, 0.3) is 0 Å². The molecule has 0 spiro atoms. The number of rotatable bonds is 5. The standard InChI is InChI=1S/C9H19NO2/c1-7(2)5-12-6-8(3)10-9(4)11/h7-8H,5-6H2,1-4H3,(H,10,11)/t8-/m1/s1. The van der Waals surface area contributed by atoms with Crippen molar-refractivity contribution in [1.82, 2.24) is 5.32 Å². The van der Waals surface area contributed by atoms with E-state index in [-0.39, 0.29) is 11.9 Å². The molecule has 3 heteroatoms. The number of amides is 1. The van der Waals surface area contributed by atoms with Crippen LogP contribution in [0.3, 0.4) is 0 Å². The Kier molecular flexibility index (Phi) is 5.72. The van der Waals surface area contributed by atoms with E-state index in [0.29, 0.717) is 12.5 Å². The van der Waals surface area contributed by atoms with Gasteiger partial charge >= 0.3 is 0 Å². The van der Waals surface area contributed by atoms with E-state index in [1.54, 1.807) is 0 Å². The van der Waals surface area contributed by atoms with Gasteiger partial charge in [-0.05, 0) is 12.8 Å². The van der Waals surface area contributed by atoms with E-state index in [1.165, 1.54) is 6.92 Å². The Labute approximate surface area is 74.5 Å². The highest BCUT2D eigenvalue weighted by Crippen LogP contribution is 1.93. The molecule has 3 nitrogen and oxygen atoms in total. The van der Waals surface area contributed by atoms with Crippen LogP contribution in [0.1, 0.15) is 27.7 Å². The van der Waals surface area contributed by atoms with Crippen LogP contribution < -0.4 is 5.32 Å². The van der Waals surface area contributed by atoms with Crippen molar-refractivity contribution in [2.75, 3.05) is 13.2 Å². The van der Waals surface area contributed by atoms with E-state index < -0.39 is 0 Å². The van der Waals surface area contributed by atoms with Gasteiger partial charge in [0.1, 0.15) is 0 Å². The predicted octanol–water partition coefficient (Wildman–Crippen LogP) is 1.18. The van der Waals surface area contributed by atoms with E-state index in [2.05, 4.69) is 19.2 Å². The molecule has 0 saturated carbocycles. The van der Waals surface area contributed by atoms with Crippen LogP contribution in [0, 0.1) is 5.92 Å². The predicted molar refractivity (Wildman–Crippen MR) is 48.9 cm³/mol. The monoisotopic (exact) mass is 173 g/mol. The Morgan fingerprint density at radius 3 is 2.33 bits per heavy atom. The first-order valence-electron chi connectivity index (χ1n) is 4.37. The van der Waals surface area contributed by atoms with Gasteiger partial charge in [0.15, 0.2) is 0 Å². The number of carbonyl (C=O) groups is 1. The summed E-state index contributed by atoms with van der Waals surface area (Å²) in [6.45, 7) is 8.99. The molecule has 0 aromatic heterocycles. The SMILES string of the molecule is CC(=O)N[C@H](C)COCC(C)C. The average Bonchev–Trinajstić information content (AvgIpc) is 1.84. The highest BCUT2D eigenvalue weighted by molar-refractivity contribution is 5.73. The van der Waals surface area contributed by atoms with Crippen LogP contribution in [0.4, 0.5) is 0 Å². The van der Waals surface area contributed by atoms with Crippen molar-refractivity contribution in [2.24, 2.45) is 5.92 Å². The largest absolute Gasteiger partial charge is 0.379 e. The Morgan fingerprint density at radius 1 is 1.33 bits per heavy atom. The third-order valence-corrected chi connectivity index (χ3v) is 1.27. The number of carbonyl (C=O) groups excluding carboxylic acids is 1. The molecule has 0 radical (unpaired) electrons. The summed E-state index contributed by atoms with van der Waals surface area (Å²) in [6.07, 6.45) is 0. The van der Waals surface area contributed by atoms with Crippen LogP contribution in [0.2, 0.25) is 0 Å². The first kappa shape index (κ1) is 11.4. The summed E-state index contributed by atoms with van der Waals surface area (Å²) in [7, 11) is 0. The minimum atomic E-state index is -0.00403. The second-order valence-electron chi connectivity index (χ2n) is 3.53. The first-order chi connectivity index (χ1) is 5.52. The zero-order valence-electron chi connectivity index (χ0n) is 8.39. The molecule has 0 aromatic rings. The lowest BCUT2D eigenvalue weighted by Gasteiger charge is -2.13. The fourth-order valence-electron chi connectivity index (χ4n) is 0.869. The summed E-state index contributed by atoms with van der Waals surface area (Å²) in [5.74, 6) is 0.546. The third kappa shape index (κ3) is 7.54. The summed E-state index contributed by atoms with van der Waals surface area (Å²) < 4.78 is 5.34. The summed E-state index contributed by atoms with van der Waals surface area (Å²) in [5, 5.41) is 2.75. The number of nitrogens with one attached hydrogen (secondary N) is 1. The van der Waals surface area contributed by atoms with Gasteiger partial charge in [-0.25, -0.2) is 0 Å². The van der Waals surface area contributed by atoms with E-state index in [4.69, 9.17) is 4.74 Å². The molecule has 0 unspecified atom stereocenters. The van der Waals surface area contributed by atoms with E-state index in [1.807, 2.05) is 6.92 Å². The molecule has 0 aliphatic rings. The summed E-state index contributed by atoms with van der Waals surface area (Å²) in [5.41, 5.74) is 0. The zero-order chi connectivity index (χ0) is 9.56. The Morgan fingerprint density at radius 2 is 1.92 bits per heavy atom. The minimum Gasteiger partial charge on any atom is -0.379 e. The average molecular weight is 173 g/mol. The summed E-state index contributed by atoms with van der Waals surface area (Å²) in [4.78, 5) is 10.6. The van der Waals surface area contributed by atoms with Crippen LogP contribution >= 0.6 is 0 Å². The zero-order valence-corrected chi connectivity index (χ0v) is 8.39. The van der Waals surface area contributed by atoms with Crippen molar-refractivity contribution < 1.29 is 9.53 Å². The second kappa shape index (κ2) is 6.00. The molecule has 0 aromatic carbocycles. The molecule has 1 N–H and O–H groups in total. The van der Waals surface area contributed by atoms with E-state index >= 15 is 0 Å². The van der Waals surface area contributed by atoms with Gasteiger partial charge in [0.2, 0.25) is 5.91 Å². The lowest BCUT2D eigenvalue weighted by molar-refractivity contribution is -0.120. The van der Waals surface area contributed by atoms with Gasteiger partial charge < -0.3 is 10.1 Å². The Hall–Kier alpha value is -0.570. The smallest absolute Gasteiger partial charge is 0.217 e. The maximum atomic E-state index is 10.6.